The van der Waals surface area contributed by atoms with Crippen molar-refractivity contribution in [2.75, 3.05) is 26.1 Å². The zero-order valence-electron chi connectivity index (χ0n) is 15.5. The molecule has 2 rings (SSSR count). The summed E-state index contributed by atoms with van der Waals surface area (Å²) in [6, 6.07) is 11.6. The van der Waals surface area contributed by atoms with Crippen LogP contribution in [0, 0.1) is 6.92 Å². The van der Waals surface area contributed by atoms with Gasteiger partial charge in [0.15, 0.2) is 0 Å². The molecule has 7 nitrogen and oxygen atoms in total. The first kappa shape index (κ1) is 20.0. The van der Waals surface area contributed by atoms with Crippen LogP contribution in [0.2, 0.25) is 0 Å². The first-order valence-electron chi connectivity index (χ1n) is 8.36. The quantitative estimate of drug-likeness (QED) is 0.763. The van der Waals surface area contributed by atoms with Crippen LogP contribution in [0.3, 0.4) is 0 Å². The van der Waals surface area contributed by atoms with Gasteiger partial charge in [0, 0.05) is 6.54 Å². The normalized spacial score (nSPS) is 10.0. The van der Waals surface area contributed by atoms with Gasteiger partial charge in [-0.2, -0.15) is 0 Å². The van der Waals surface area contributed by atoms with Crippen LogP contribution in [-0.4, -0.2) is 38.7 Å². The summed E-state index contributed by atoms with van der Waals surface area (Å²) in [5.41, 5.74) is 2.80. The Morgan fingerprint density at radius 2 is 1.67 bits per heavy atom. The Hall–Kier alpha value is -3.35. The fraction of sp³-hybridized carbons (Fsp3) is 0.250. The molecule has 0 aromatic heterocycles. The fourth-order valence-electron chi connectivity index (χ4n) is 2.55. The molecular formula is C20H22N2O5. The maximum absolute atomic E-state index is 12.2. The van der Waals surface area contributed by atoms with E-state index < -0.39 is 18.0 Å². The van der Waals surface area contributed by atoms with Gasteiger partial charge in [0.25, 0.3) is 0 Å². The van der Waals surface area contributed by atoms with Crippen molar-refractivity contribution in [2.24, 2.45) is 0 Å². The predicted molar refractivity (Wildman–Crippen MR) is 101 cm³/mol. The summed E-state index contributed by atoms with van der Waals surface area (Å²) >= 11 is 0. The van der Waals surface area contributed by atoms with E-state index in [4.69, 9.17) is 4.74 Å². The van der Waals surface area contributed by atoms with Crippen molar-refractivity contribution >= 4 is 23.7 Å². The van der Waals surface area contributed by atoms with E-state index in [0.717, 1.165) is 11.1 Å². The molecule has 2 amide bonds. The van der Waals surface area contributed by atoms with Gasteiger partial charge in [-0.1, -0.05) is 24.3 Å². The number of methoxy groups -OCH3 is 2. The van der Waals surface area contributed by atoms with Gasteiger partial charge in [0.2, 0.25) is 0 Å². The monoisotopic (exact) mass is 370 g/mol. The van der Waals surface area contributed by atoms with Crippen molar-refractivity contribution in [1.29, 1.82) is 0 Å². The van der Waals surface area contributed by atoms with Gasteiger partial charge < -0.3 is 20.1 Å². The Balaban J connectivity index is 2.07. The molecule has 0 spiro atoms. The standard InChI is InChI=1S/C20H22N2O5/c1-13-6-4-5-7-14(13)10-11-21-20(25)22-17-12-15(18(23)26-2)8-9-16(17)19(24)27-3/h4-9,12H,10-11H2,1-3H3,(H2,21,22,25). The van der Waals surface area contributed by atoms with Crippen LogP contribution in [0.25, 0.3) is 0 Å². The van der Waals surface area contributed by atoms with Gasteiger partial charge in [-0.15, -0.1) is 0 Å². The van der Waals surface area contributed by atoms with E-state index in [0.29, 0.717) is 13.0 Å². The highest BCUT2D eigenvalue weighted by molar-refractivity contribution is 6.03. The molecule has 0 saturated carbocycles. The molecule has 2 aromatic rings. The van der Waals surface area contributed by atoms with E-state index in [9.17, 15) is 14.4 Å². The molecule has 0 radical (unpaired) electrons. The van der Waals surface area contributed by atoms with Crippen molar-refractivity contribution < 1.29 is 23.9 Å². The van der Waals surface area contributed by atoms with Crippen molar-refractivity contribution in [2.45, 2.75) is 13.3 Å². The van der Waals surface area contributed by atoms with Crippen LogP contribution in [-0.2, 0) is 15.9 Å². The third-order valence-corrected chi connectivity index (χ3v) is 4.04. The predicted octanol–water partition coefficient (Wildman–Crippen LogP) is 2.93. The highest BCUT2D eigenvalue weighted by Gasteiger charge is 2.17. The number of carbonyl (C=O) groups is 3. The van der Waals surface area contributed by atoms with Crippen LogP contribution in [0.15, 0.2) is 42.5 Å². The topological polar surface area (TPSA) is 93.7 Å². The highest BCUT2D eigenvalue weighted by atomic mass is 16.5. The number of rotatable bonds is 6. The number of esters is 2. The first-order valence-corrected chi connectivity index (χ1v) is 8.36. The van der Waals surface area contributed by atoms with Crippen molar-refractivity contribution in [1.82, 2.24) is 5.32 Å². The number of nitrogens with one attached hydrogen (secondary N) is 2. The minimum absolute atomic E-state index is 0.138. The van der Waals surface area contributed by atoms with E-state index in [2.05, 4.69) is 15.4 Å². The lowest BCUT2D eigenvalue weighted by atomic mass is 10.1. The highest BCUT2D eigenvalue weighted by Crippen LogP contribution is 2.19. The van der Waals surface area contributed by atoms with Gasteiger partial charge in [-0.3, -0.25) is 0 Å². The molecule has 0 fully saturated rings. The summed E-state index contributed by atoms with van der Waals surface area (Å²) in [6.07, 6.45) is 0.673. The van der Waals surface area contributed by atoms with Crippen LogP contribution >= 0.6 is 0 Å². The number of benzene rings is 2. The third-order valence-electron chi connectivity index (χ3n) is 4.04. The lowest BCUT2D eigenvalue weighted by Crippen LogP contribution is -2.31. The fourth-order valence-corrected chi connectivity index (χ4v) is 2.55. The smallest absolute Gasteiger partial charge is 0.339 e. The Morgan fingerprint density at radius 1 is 0.963 bits per heavy atom. The Labute approximate surface area is 157 Å². The zero-order chi connectivity index (χ0) is 19.8. The summed E-state index contributed by atoms with van der Waals surface area (Å²) in [7, 11) is 2.49. The summed E-state index contributed by atoms with van der Waals surface area (Å²) in [5, 5.41) is 5.32. The molecule has 0 bridgehead atoms. The molecule has 7 heteroatoms. The Kier molecular flexibility index (Phi) is 6.93. The molecular weight excluding hydrogens is 348 g/mol. The molecule has 2 aromatic carbocycles. The van der Waals surface area contributed by atoms with Crippen molar-refractivity contribution in [3.63, 3.8) is 0 Å². The number of hydrogen-bond acceptors (Lipinski definition) is 5. The molecule has 0 heterocycles. The summed E-state index contributed by atoms with van der Waals surface area (Å²) in [5.74, 6) is -1.20. The van der Waals surface area contributed by atoms with Crippen molar-refractivity contribution in [3.05, 3.63) is 64.7 Å². The van der Waals surface area contributed by atoms with Crippen LogP contribution in [0.4, 0.5) is 10.5 Å². The van der Waals surface area contributed by atoms with Gasteiger partial charge in [0.1, 0.15) is 0 Å². The van der Waals surface area contributed by atoms with Gasteiger partial charge >= 0.3 is 18.0 Å². The third kappa shape index (κ3) is 5.31. The average molecular weight is 370 g/mol. The number of aryl methyl sites for hydroxylation is 1. The van der Waals surface area contributed by atoms with Gasteiger partial charge in [-0.25, -0.2) is 14.4 Å². The molecule has 27 heavy (non-hydrogen) atoms. The molecule has 0 aliphatic carbocycles. The largest absolute Gasteiger partial charge is 0.465 e. The Morgan fingerprint density at radius 3 is 2.33 bits per heavy atom. The SMILES string of the molecule is COC(=O)c1ccc(C(=O)OC)c(NC(=O)NCCc2ccccc2C)c1. The Bertz CT molecular complexity index is 848. The van der Waals surface area contributed by atoms with Gasteiger partial charge in [0.05, 0.1) is 31.0 Å². The maximum Gasteiger partial charge on any atom is 0.339 e. The second-order valence-electron chi connectivity index (χ2n) is 5.80. The lowest BCUT2D eigenvalue weighted by Gasteiger charge is -2.12. The number of anilines is 1. The number of urea groups is 1. The number of hydrogen-bond donors (Lipinski definition) is 2. The van der Waals surface area contributed by atoms with Crippen molar-refractivity contribution in [3.8, 4) is 0 Å². The van der Waals surface area contributed by atoms with Crippen LogP contribution < -0.4 is 10.6 Å². The lowest BCUT2D eigenvalue weighted by molar-refractivity contribution is 0.0587. The van der Waals surface area contributed by atoms with E-state index in [1.54, 1.807) is 0 Å². The number of amides is 2. The zero-order valence-corrected chi connectivity index (χ0v) is 15.5. The second-order valence-corrected chi connectivity index (χ2v) is 5.80. The summed E-state index contributed by atoms with van der Waals surface area (Å²) in [4.78, 5) is 35.8. The van der Waals surface area contributed by atoms with E-state index in [1.807, 2.05) is 31.2 Å². The first-order chi connectivity index (χ1) is 13.0. The average Bonchev–Trinajstić information content (AvgIpc) is 2.68. The minimum atomic E-state index is -0.623. The minimum Gasteiger partial charge on any atom is -0.465 e. The van der Waals surface area contributed by atoms with E-state index >= 15 is 0 Å². The molecule has 0 atom stereocenters. The number of ether oxygens (including phenoxy) is 2. The molecule has 2 N–H and O–H groups in total. The molecule has 0 unspecified atom stereocenters. The maximum atomic E-state index is 12.2. The molecule has 0 aliphatic rings. The molecule has 0 aliphatic heterocycles. The molecule has 142 valence electrons. The van der Waals surface area contributed by atoms with Gasteiger partial charge in [-0.05, 0) is 42.7 Å². The summed E-state index contributed by atoms with van der Waals surface area (Å²) in [6.45, 7) is 2.43. The number of carbonyl (C=O) groups excluding carboxylic acids is 3. The second kappa shape index (κ2) is 9.38. The summed E-state index contributed by atoms with van der Waals surface area (Å²) < 4.78 is 9.38. The van der Waals surface area contributed by atoms with Crippen LogP contribution in [0.1, 0.15) is 31.8 Å². The van der Waals surface area contributed by atoms with E-state index in [1.165, 1.54) is 32.4 Å². The van der Waals surface area contributed by atoms with Crippen LogP contribution in [0.5, 0.6) is 0 Å². The molecule has 0 saturated heterocycles. The van der Waals surface area contributed by atoms with E-state index in [-0.39, 0.29) is 16.8 Å².